The van der Waals surface area contributed by atoms with E-state index in [1.54, 1.807) is 0 Å². The van der Waals surface area contributed by atoms with Gasteiger partial charge < -0.3 is 11.5 Å². The maximum Gasteiger partial charge on any atom is 0.152 e. The second kappa shape index (κ2) is 4.24. The number of aromatic nitrogens is 3. The Morgan fingerprint density at radius 2 is 2.33 bits per heavy atom. The zero-order valence-corrected chi connectivity index (χ0v) is 10.7. The summed E-state index contributed by atoms with van der Waals surface area (Å²) in [4.78, 5) is 4.55. The number of pyridine rings is 1. The number of nitrogens with two attached hydrogens (primary N) is 2. The van der Waals surface area contributed by atoms with E-state index in [-0.39, 0.29) is 0 Å². The first kappa shape index (κ1) is 11.5. The van der Waals surface area contributed by atoms with E-state index in [4.69, 9.17) is 11.5 Å². The minimum atomic E-state index is 0.513. The van der Waals surface area contributed by atoms with Crippen molar-refractivity contribution < 1.29 is 0 Å². The van der Waals surface area contributed by atoms with Crippen molar-refractivity contribution in [2.75, 3.05) is 12.3 Å². The largest absolute Gasteiger partial charge is 0.382 e. The van der Waals surface area contributed by atoms with Crippen molar-refractivity contribution in [2.45, 2.75) is 31.6 Å². The molecule has 96 valence electrons. The van der Waals surface area contributed by atoms with Crippen LogP contribution in [0.4, 0.5) is 5.82 Å². The molecule has 18 heavy (non-hydrogen) atoms. The minimum absolute atomic E-state index is 0.513. The van der Waals surface area contributed by atoms with Crippen molar-refractivity contribution in [1.29, 1.82) is 0 Å². The van der Waals surface area contributed by atoms with Gasteiger partial charge in [0.1, 0.15) is 5.52 Å². The lowest BCUT2D eigenvalue weighted by Gasteiger charge is -2.25. The Hall–Kier alpha value is -1.62. The third kappa shape index (κ3) is 1.66. The third-order valence-corrected chi connectivity index (χ3v) is 3.82. The molecule has 0 amide bonds. The molecule has 2 heterocycles. The first-order chi connectivity index (χ1) is 8.70. The maximum absolute atomic E-state index is 6.00. The number of fused-ring (bicyclic) bond motifs is 3. The highest BCUT2D eigenvalue weighted by molar-refractivity contribution is 5.90. The number of hydrogen-bond acceptors (Lipinski definition) is 4. The van der Waals surface area contributed by atoms with Gasteiger partial charge >= 0.3 is 0 Å². The van der Waals surface area contributed by atoms with Crippen LogP contribution < -0.4 is 11.5 Å². The van der Waals surface area contributed by atoms with E-state index in [1.807, 2.05) is 11.7 Å². The summed E-state index contributed by atoms with van der Waals surface area (Å²) in [5.74, 6) is 1.07. The lowest BCUT2D eigenvalue weighted by molar-refractivity contribution is 0.523. The second-order valence-electron chi connectivity index (χ2n) is 5.09. The lowest BCUT2D eigenvalue weighted by atomic mass is 9.82. The van der Waals surface area contributed by atoms with Gasteiger partial charge in [0, 0.05) is 24.3 Å². The normalized spacial score (nSPS) is 19.1. The van der Waals surface area contributed by atoms with Crippen LogP contribution in [0.3, 0.4) is 0 Å². The molecule has 0 radical (unpaired) electrons. The molecule has 4 N–H and O–H groups in total. The highest BCUT2D eigenvalue weighted by atomic mass is 15.3. The van der Waals surface area contributed by atoms with Gasteiger partial charge in [-0.05, 0) is 43.7 Å². The van der Waals surface area contributed by atoms with Crippen LogP contribution in [-0.2, 0) is 13.5 Å². The van der Waals surface area contributed by atoms with Gasteiger partial charge in [-0.3, -0.25) is 4.68 Å². The third-order valence-electron chi connectivity index (χ3n) is 3.82. The van der Waals surface area contributed by atoms with Crippen molar-refractivity contribution in [3.8, 4) is 0 Å². The summed E-state index contributed by atoms with van der Waals surface area (Å²) in [6.07, 6.45) is 6.46. The van der Waals surface area contributed by atoms with Gasteiger partial charge in [0.05, 0.1) is 0 Å². The molecule has 5 nitrogen and oxygen atoms in total. The summed E-state index contributed by atoms with van der Waals surface area (Å²) in [7, 11) is 1.92. The van der Waals surface area contributed by atoms with Crippen LogP contribution in [0.2, 0.25) is 0 Å². The van der Waals surface area contributed by atoms with Crippen molar-refractivity contribution in [3.05, 3.63) is 17.5 Å². The van der Waals surface area contributed by atoms with Crippen molar-refractivity contribution in [2.24, 2.45) is 12.8 Å². The van der Waals surface area contributed by atoms with E-state index in [0.717, 1.165) is 36.0 Å². The van der Waals surface area contributed by atoms with Crippen LogP contribution >= 0.6 is 0 Å². The van der Waals surface area contributed by atoms with Gasteiger partial charge in [-0.25, -0.2) is 4.98 Å². The fourth-order valence-electron chi connectivity index (χ4n) is 3.08. The molecular weight excluding hydrogens is 226 g/mol. The predicted molar refractivity (Wildman–Crippen MR) is 72.3 cm³/mol. The molecule has 0 spiro atoms. The molecule has 1 unspecified atom stereocenters. The predicted octanol–water partition coefficient (Wildman–Crippen LogP) is 1.32. The van der Waals surface area contributed by atoms with Crippen LogP contribution in [0.15, 0.2) is 6.20 Å². The van der Waals surface area contributed by atoms with Crippen molar-refractivity contribution >= 4 is 16.7 Å². The molecule has 0 aromatic carbocycles. The van der Waals surface area contributed by atoms with Crippen LogP contribution in [0, 0.1) is 0 Å². The minimum Gasteiger partial charge on any atom is -0.382 e. The summed E-state index contributed by atoms with van der Waals surface area (Å²) >= 11 is 0. The van der Waals surface area contributed by atoms with Gasteiger partial charge in [-0.1, -0.05) is 0 Å². The molecule has 0 fully saturated rings. The summed E-state index contributed by atoms with van der Waals surface area (Å²) in [5.41, 5.74) is 15.1. The number of anilines is 1. The molecular formula is C13H19N5. The summed E-state index contributed by atoms with van der Waals surface area (Å²) in [6.45, 7) is 0.718. The number of rotatable bonds is 2. The number of aryl methyl sites for hydroxylation is 2. The molecule has 1 aliphatic carbocycles. The smallest absolute Gasteiger partial charge is 0.152 e. The topological polar surface area (TPSA) is 82.8 Å². The standard InChI is InChI=1S/C13H19N5/c1-18-7-9-11-8(5-6-14)3-2-4-10(11)16-13(15)12(9)17-18/h7-8H,2-6,14H2,1H3,(H2,15,16). The Bertz CT molecular complexity index is 587. The van der Waals surface area contributed by atoms with E-state index in [9.17, 15) is 0 Å². The van der Waals surface area contributed by atoms with E-state index >= 15 is 0 Å². The number of nitrogen functional groups attached to an aromatic ring is 1. The van der Waals surface area contributed by atoms with E-state index in [2.05, 4.69) is 16.3 Å². The van der Waals surface area contributed by atoms with Crippen LogP contribution in [0.5, 0.6) is 0 Å². The molecule has 0 saturated heterocycles. The molecule has 2 aromatic rings. The molecule has 0 saturated carbocycles. The molecule has 1 atom stereocenters. The number of nitrogens with zero attached hydrogens (tertiary/aromatic N) is 3. The average molecular weight is 245 g/mol. The molecule has 0 bridgehead atoms. The maximum atomic E-state index is 6.00. The van der Waals surface area contributed by atoms with E-state index in [0.29, 0.717) is 11.7 Å². The highest BCUT2D eigenvalue weighted by Gasteiger charge is 2.25. The van der Waals surface area contributed by atoms with E-state index < -0.39 is 0 Å². The second-order valence-corrected chi connectivity index (χ2v) is 5.09. The van der Waals surface area contributed by atoms with E-state index in [1.165, 1.54) is 18.4 Å². The Morgan fingerprint density at radius 1 is 1.50 bits per heavy atom. The molecule has 3 rings (SSSR count). The van der Waals surface area contributed by atoms with Gasteiger partial charge in [0.25, 0.3) is 0 Å². The van der Waals surface area contributed by atoms with Gasteiger partial charge in [0.15, 0.2) is 5.82 Å². The van der Waals surface area contributed by atoms with Crippen LogP contribution in [0.25, 0.3) is 10.9 Å². The monoisotopic (exact) mass is 245 g/mol. The van der Waals surface area contributed by atoms with Gasteiger partial charge in [-0.15, -0.1) is 0 Å². The average Bonchev–Trinajstić information content (AvgIpc) is 2.72. The van der Waals surface area contributed by atoms with Crippen LogP contribution in [0.1, 0.15) is 36.4 Å². The quantitative estimate of drug-likeness (QED) is 0.836. The zero-order chi connectivity index (χ0) is 12.7. The summed E-state index contributed by atoms with van der Waals surface area (Å²) < 4.78 is 1.82. The molecule has 5 heteroatoms. The molecule has 1 aliphatic rings. The van der Waals surface area contributed by atoms with Gasteiger partial charge in [-0.2, -0.15) is 5.10 Å². The first-order valence-corrected chi connectivity index (χ1v) is 6.52. The highest BCUT2D eigenvalue weighted by Crippen LogP contribution is 2.38. The first-order valence-electron chi connectivity index (χ1n) is 6.52. The lowest BCUT2D eigenvalue weighted by Crippen LogP contribution is -2.16. The Labute approximate surface area is 106 Å². The molecule has 0 aliphatic heterocycles. The fraction of sp³-hybridized carbons (Fsp3) is 0.538. The number of hydrogen-bond donors (Lipinski definition) is 2. The Balaban J connectivity index is 2.25. The Morgan fingerprint density at radius 3 is 3.11 bits per heavy atom. The Kier molecular flexibility index (Phi) is 2.70. The van der Waals surface area contributed by atoms with Gasteiger partial charge in [0.2, 0.25) is 0 Å². The summed E-state index contributed by atoms with van der Waals surface area (Å²) in [6, 6.07) is 0. The fourth-order valence-corrected chi connectivity index (χ4v) is 3.08. The molecule has 2 aromatic heterocycles. The van der Waals surface area contributed by atoms with Crippen molar-refractivity contribution in [3.63, 3.8) is 0 Å². The SMILES string of the molecule is Cn1cc2c3c(nc(N)c2n1)CCCC3CCN. The summed E-state index contributed by atoms with van der Waals surface area (Å²) in [5, 5.41) is 5.58. The van der Waals surface area contributed by atoms with Crippen molar-refractivity contribution in [1.82, 2.24) is 14.8 Å². The van der Waals surface area contributed by atoms with Crippen LogP contribution in [-0.4, -0.2) is 21.3 Å². The zero-order valence-electron chi connectivity index (χ0n) is 10.7.